The van der Waals surface area contributed by atoms with Crippen LogP contribution in [0.1, 0.15) is 37.8 Å². The number of fused-ring (bicyclic) bond motifs is 1. The van der Waals surface area contributed by atoms with E-state index in [1.165, 1.54) is 0 Å². The second kappa shape index (κ2) is 5.04. The quantitative estimate of drug-likeness (QED) is 0.823. The largest absolute Gasteiger partial charge is 0.350 e. The molecule has 1 amide bonds. The van der Waals surface area contributed by atoms with Crippen molar-refractivity contribution in [2.75, 3.05) is 5.88 Å². The molecule has 0 fully saturated rings. The van der Waals surface area contributed by atoms with Crippen LogP contribution in [-0.2, 0) is 17.8 Å². The van der Waals surface area contributed by atoms with Crippen molar-refractivity contribution in [1.82, 2.24) is 20.1 Å². The third-order valence-corrected chi connectivity index (χ3v) is 3.12. The lowest BCUT2D eigenvalue weighted by atomic mass is 10.1. The minimum Gasteiger partial charge on any atom is -0.350 e. The van der Waals surface area contributed by atoms with Crippen LogP contribution in [0.15, 0.2) is 0 Å². The Morgan fingerprint density at radius 1 is 1.65 bits per heavy atom. The third-order valence-electron chi connectivity index (χ3n) is 2.88. The van der Waals surface area contributed by atoms with Gasteiger partial charge in [0.05, 0.1) is 6.54 Å². The van der Waals surface area contributed by atoms with Gasteiger partial charge in [0, 0.05) is 18.4 Å². The number of amides is 1. The topological polar surface area (TPSA) is 59.8 Å². The molecule has 5 nitrogen and oxygen atoms in total. The van der Waals surface area contributed by atoms with Crippen molar-refractivity contribution < 1.29 is 4.79 Å². The fraction of sp³-hybridized carbons (Fsp3) is 0.727. The maximum Gasteiger partial charge on any atom is 0.235 e. The summed E-state index contributed by atoms with van der Waals surface area (Å²) in [5.74, 6) is 2.13. The molecule has 17 heavy (non-hydrogen) atoms. The predicted molar refractivity (Wildman–Crippen MR) is 65.1 cm³/mol. The summed E-state index contributed by atoms with van der Waals surface area (Å²) < 4.78 is 1.90. The van der Waals surface area contributed by atoms with Gasteiger partial charge in [0.2, 0.25) is 5.91 Å². The van der Waals surface area contributed by atoms with Crippen molar-refractivity contribution >= 4 is 17.5 Å². The first kappa shape index (κ1) is 12.4. The molecule has 0 radical (unpaired) electrons. The number of nitrogens with zero attached hydrogens (tertiary/aromatic N) is 3. The van der Waals surface area contributed by atoms with E-state index < -0.39 is 0 Å². The minimum atomic E-state index is -0.121. The molecule has 2 rings (SSSR count). The number of rotatable bonds is 3. The van der Waals surface area contributed by atoms with E-state index in [1.807, 2.05) is 4.68 Å². The molecule has 1 aliphatic heterocycles. The summed E-state index contributed by atoms with van der Waals surface area (Å²) >= 11 is 5.47. The smallest absolute Gasteiger partial charge is 0.235 e. The van der Waals surface area contributed by atoms with E-state index in [0.717, 1.165) is 24.5 Å². The Morgan fingerprint density at radius 2 is 2.41 bits per heavy atom. The maximum atomic E-state index is 11.2. The fourth-order valence-electron chi connectivity index (χ4n) is 1.96. The van der Waals surface area contributed by atoms with Gasteiger partial charge in [0.25, 0.3) is 0 Å². The lowest BCUT2D eigenvalue weighted by Gasteiger charge is -2.23. The average Bonchev–Trinajstić information content (AvgIpc) is 2.72. The third kappa shape index (κ3) is 2.77. The molecule has 0 spiro atoms. The van der Waals surface area contributed by atoms with E-state index >= 15 is 0 Å². The molecule has 2 heterocycles. The van der Waals surface area contributed by atoms with Gasteiger partial charge >= 0.3 is 0 Å². The summed E-state index contributed by atoms with van der Waals surface area (Å²) in [6.45, 7) is 4.85. The number of aryl methyl sites for hydroxylation is 1. The van der Waals surface area contributed by atoms with Crippen molar-refractivity contribution in [2.45, 2.75) is 45.2 Å². The molecular formula is C11H17ClN4O. The van der Waals surface area contributed by atoms with Crippen LogP contribution in [-0.4, -0.2) is 32.6 Å². The molecule has 1 aromatic heterocycles. The Kier molecular flexibility index (Phi) is 3.66. The van der Waals surface area contributed by atoms with E-state index in [9.17, 15) is 4.79 Å². The van der Waals surface area contributed by atoms with Gasteiger partial charge in [-0.2, -0.15) is 5.10 Å². The number of carbonyl (C=O) groups is 1. The van der Waals surface area contributed by atoms with Gasteiger partial charge in [-0.3, -0.25) is 4.79 Å². The number of hydrogen-bond donors (Lipinski definition) is 1. The van der Waals surface area contributed by atoms with Gasteiger partial charge in [0.15, 0.2) is 5.82 Å². The number of halogens is 1. The predicted octanol–water partition coefficient (Wildman–Crippen LogP) is 1.07. The van der Waals surface area contributed by atoms with Gasteiger partial charge in [0.1, 0.15) is 11.7 Å². The monoisotopic (exact) mass is 256 g/mol. The fourth-order valence-corrected chi connectivity index (χ4v) is 2.03. The van der Waals surface area contributed by atoms with Crippen LogP contribution in [0.2, 0.25) is 0 Å². The summed E-state index contributed by atoms with van der Waals surface area (Å²) in [6.07, 6.45) is 1.76. The van der Waals surface area contributed by atoms with E-state index in [4.69, 9.17) is 11.6 Å². The number of alkyl halides is 1. The second-order valence-corrected chi connectivity index (χ2v) is 4.93. The highest BCUT2D eigenvalue weighted by molar-refractivity contribution is 6.27. The molecule has 1 aliphatic rings. The van der Waals surface area contributed by atoms with E-state index in [2.05, 4.69) is 29.2 Å². The zero-order valence-corrected chi connectivity index (χ0v) is 10.9. The molecule has 94 valence electrons. The summed E-state index contributed by atoms with van der Waals surface area (Å²) in [7, 11) is 0. The molecule has 0 bridgehead atoms. The molecule has 6 heteroatoms. The van der Waals surface area contributed by atoms with E-state index in [-0.39, 0.29) is 17.8 Å². The Labute approximate surface area is 106 Å². The molecule has 1 unspecified atom stereocenters. The summed E-state index contributed by atoms with van der Waals surface area (Å²) in [4.78, 5) is 15.7. The highest BCUT2D eigenvalue weighted by Gasteiger charge is 2.23. The number of nitrogens with one attached hydrogen (secondary N) is 1. The van der Waals surface area contributed by atoms with Gasteiger partial charge < -0.3 is 5.32 Å². The first-order valence-electron chi connectivity index (χ1n) is 5.89. The van der Waals surface area contributed by atoms with Crippen molar-refractivity contribution in [3.8, 4) is 0 Å². The van der Waals surface area contributed by atoms with Crippen molar-refractivity contribution in [3.63, 3.8) is 0 Å². The van der Waals surface area contributed by atoms with Crippen molar-refractivity contribution in [3.05, 3.63) is 11.6 Å². The maximum absolute atomic E-state index is 11.2. The molecule has 0 aliphatic carbocycles. The molecule has 0 saturated heterocycles. The standard InChI is InChI=1S/C11H17ClN4O/c1-7(2)11-14-9-4-3-8(6-16(9)15-11)13-10(17)5-12/h7-8H,3-6H2,1-2H3,(H,13,17). The Balaban J connectivity index is 2.05. The van der Waals surface area contributed by atoms with E-state index in [0.29, 0.717) is 12.5 Å². The van der Waals surface area contributed by atoms with Crippen LogP contribution < -0.4 is 5.32 Å². The summed E-state index contributed by atoms with van der Waals surface area (Å²) in [5.41, 5.74) is 0. The molecule has 0 saturated carbocycles. The van der Waals surface area contributed by atoms with Gasteiger partial charge in [-0.1, -0.05) is 13.8 Å². The minimum absolute atomic E-state index is 0.0119. The summed E-state index contributed by atoms with van der Waals surface area (Å²) in [6, 6.07) is 0.121. The first-order chi connectivity index (χ1) is 8.10. The van der Waals surface area contributed by atoms with Gasteiger partial charge in [-0.05, 0) is 6.42 Å². The Morgan fingerprint density at radius 3 is 3.06 bits per heavy atom. The summed E-state index contributed by atoms with van der Waals surface area (Å²) in [5, 5.41) is 7.34. The number of aromatic nitrogens is 3. The molecule has 0 aromatic carbocycles. The SMILES string of the molecule is CC(C)c1nc2n(n1)CC(NC(=O)CCl)CC2. The molecule has 1 N–H and O–H groups in total. The Bertz CT molecular complexity index is 416. The number of hydrogen-bond acceptors (Lipinski definition) is 3. The lowest BCUT2D eigenvalue weighted by molar-refractivity contribution is -0.119. The lowest BCUT2D eigenvalue weighted by Crippen LogP contribution is -2.41. The van der Waals surface area contributed by atoms with Crippen LogP contribution >= 0.6 is 11.6 Å². The van der Waals surface area contributed by atoms with Crippen LogP contribution in [0.5, 0.6) is 0 Å². The Hall–Kier alpha value is -1.10. The van der Waals surface area contributed by atoms with E-state index in [1.54, 1.807) is 0 Å². The molecule has 1 aromatic rings. The highest BCUT2D eigenvalue weighted by Crippen LogP contribution is 2.16. The van der Waals surface area contributed by atoms with Crippen LogP contribution in [0.4, 0.5) is 0 Å². The zero-order chi connectivity index (χ0) is 12.4. The average molecular weight is 257 g/mol. The van der Waals surface area contributed by atoms with Crippen molar-refractivity contribution in [2.24, 2.45) is 0 Å². The highest BCUT2D eigenvalue weighted by atomic mass is 35.5. The first-order valence-corrected chi connectivity index (χ1v) is 6.42. The van der Waals surface area contributed by atoms with Crippen LogP contribution in [0.3, 0.4) is 0 Å². The van der Waals surface area contributed by atoms with Crippen LogP contribution in [0, 0.1) is 0 Å². The van der Waals surface area contributed by atoms with Crippen molar-refractivity contribution in [1.29, 1.82) is 0 Å². The van der Waals surface area contributed by atoms with Crippen LogP contribution in [0.25, 0.3) is 0 Å². The molecule has 1 atom stereocenters. The number of carbonyl (C=O) groups excluding carboxylic acids is 1. The molecular weight excluding hydrogens is 240 g/mol. The van der Waals surface area contributed by atoms with Gasteiger partial charge in [-0.25, -0.2) is 9.67 Å². The second-order valence-electron chi connectivity index (χ2n) is 4.66. The zero-order valence-electron chi connectivity index (χ0n) is 10.1. The normalized spacial score (nSPS) is 19.2. The van der Waals surface area contributed by atoms with Gasteiger partial charge in [-0.15, -0.1) is 11.6 Å².